The summed E-state index contributed by atoms with van der Waals surface area (Å²) >= 11 is 0. The van der Waals surface area contributed by atoms with Gasteiger partial charge < -0.3 is 0 Å². The third-order valence-electron chi connectivity index (χ3n) is 5.30. The Morgan fingerprint density at radius 1 is 0.714 bits per heavy atom. The Kier molecular flexibility index (Phi) is 6.52. The second-order valence-electron chi connectivity index (χ2n) is 8.55. The summed E-state index contributed by atoms with van der Waals surface area (Å²) in [5, 5.41) is 0. The summed E-state index contributed by atoms with van der Waals surface area (Å²) in [5.41, 5.74) is 8.19. The molecule has 0 atom stereocenters. The second kappa shape index (κ2) is 9.06. The quantitative estimate of drug-likeness (QED) is 0.385. The van der Waals surface area contributed by atoms with Gasteiger partial charge in [0, 0.05) is 0 Å². The molecule has 3 aromatic rings. The molecule has 0 radical (unpaired) electrons. The van der Waals surface area contributed by atoms with Gasteiger partial charge in [0.2, 0.25) is 0 Å². The van der Waals surface area contributed by atoms with Gasteiger partial charge in [-0.05, 0) is 51.6 Å². The molecular formula is C28H32. The number of hydrogen-bond acceptors (Lipinski definition) is 0. The van der Waals surface area contributed by atoms with Gasteiger partial charge in [-0.15, -0.1) is 0 Å². The Bertz CT molecular complexity index is 921. The van der Waals surface area contributed by atoms with Crippen LogP contribution < -0.4 is 0 Å². The van der Waals surface area contributed by atoms with Crippen LogP contribution in [-0.4, -0.2) is 0 Å². The second-order valence-corrected chi connectivity index (χ2v) is 8.55. The molecule has 0 aliphatic rings. The summed E-state index contributed by atoms with van der Waals surface area (Å²) in [6.45, 7) is 9.02. The maximum atomic E-state index is 2.27. The molecule has 0 amide bonds. The molecule has 0 spiro atoms. The zero-order valence-corrected chi connectivity index (χ0v) is 17.7. The normalized spacial score (nSPS) is 11.9. The molecule has 0 saturated carbocycles. The summed E-state index contributed by atoms with van der Waals surface area (Å²) in [6.07, 6.45) is 8.06. The summed E-state index contributed by atoms with van der Waals surface area (Å²) < 4.78 is 0. The fourth-order valence-electron chi connectivity index (χ4n) is 3.54. The third-order valence-corrected chi connectivity index (χ3v) is 5.30. The monoisotopic (exact) mass is 368 g/mol. The lowest BCUT2D eigenvalue weighted by Crippen LogP contribution is -2.10. The summed E-state index contributed by atoms with van der Waals surface area (Å²) in [6, 6.07) is 26.5. The average Bonchev–Trinajstić information content (AvgIpc) is 2.71. The van der Waals surface area contributed by atoms with Crippen molar-refractivity contribution in [2.75, 3.05) is 0 Å². The fraction of sp³-hybridized carbons (Fsp3) is 0.286. The predicted octanol–water partition coefficient (Wildman–Crippen LogP) is 8.16. The summed E-state index contributed by atoms with van der Waals surface area (Å²) in [5.74, 6) is 0. The molecule has 0 N–H and O–H groups in total. The van der Waals surface area contributed by atoms with Gasteiger partial charge in [-0.1, -0.05) is 119 Å². The molecule has 3 rings (SSSR count). The molecule has 0 bridgehead atoms. The lowest BCUT2D eigenvalue weighted by atomic mass is 9.86. The lowest BCUT2D eigenvalue weighted by Gasteiger charge is -2.18. The highest BCUT2D eigenvalue weighted by molar-refractivity contribution is 5.82. The molecule has 0 nitrogen and oxygen atoms in total. The molecule has 0 heteroatoms. The minimum absolute atomic E-state index is 0.192. The van der Waals surface area contributed by atoms with Crippen LogP contribution in [0.5, 0.6) is 0 Å². The van der Waals surface area contributed by atoms with Crippen molar-refractivity contribution in [1.29, 1.82) is 0 Å². The number of hydrogen-bond donors (Lipinski definition) is 0. The van der Waals surface area contributed by atoms with Crippen LogP contribution in [0.25, 0.3) is 23.3 Å². The Hall–Kier alpha value is -2.60. The standard InChI is InChI=1S/C28H32/c1-5-6-11-23-12-7-9-14-26(23)27-15-10-8-13-24(27)19-16-22-17-20-25(21-18-22)28(2,3)4/h7-10,12-21H,5-6,11H2,1-4H3. The Labute approximate surface area is 171 Å². The van der Waals surface area contributed by atoms with Crippen LogP contribution in [0.4, 0.5) is 0 Å². The van der Waals surface area contributed by atoms with E-state index in [4.69, 9.17) is 0 Å². The molecular weight excluding hydrogens is 336 g/mol. The van der Waals surface area contributed by atoms with Crippen molar-refractivity contribution < 1.29 is 0 Å². The molecule has 3 aromatic carbocycles. The van der Waals surface area contributed by atoms with Gasteiger partial charge in [-0.2, -0.15) is 0 Å². The van der Waals surface area contributed by atoms with E-state index in [2.05, 4.69) is 113 Å². The molecule has 0 saturated heterocycles. The van der Waals surface area contributed by atoms with Crippen molar-refractivity contribution in [2.24, 2.45) is 0 Å². The van der Waals surface area contributed by atoms with Crippen molar-refractivity contribution in [2.45, 2.75) is 52.4 Å². The van der Waals surface area contributed by atoms with E-state index in [1.807, 2.05) is 0 Å². The highest BCUT2D eigenvalue weighted by Crippen LogP contribution is 2.30. The first-order valence-electron chi connectivity index (χ1n) is 10.4. The number of benzene rings is 3. The smallest absolute Gasteiger partial charge is 0.0109 e. The van der Waals surface area contributed by atoms with Crippen LogP contribution in [0.3, 0.4) is 0 Å². The minimum Gasteiger partial charge on any atom is -0.0654 e. The zero-order valence-electron chi connectivity index (χ0n) is 17.7. The molecule has 0 aliphatic carbocycles. The third kappa shape index (κ3) is 5.01. The summed E-state index contributed by atoms with van der Waals surface area (Å²) in [4.78, 5) is 0. The van der Waals surface area contributed by atoms with Crippen molar-refractivity contribution in [3.8, 4) is 11.1 Å². The maximum Gasteiger partial charge on any atom is -0.0109 e. The Balaban J connectivity index is 1.90. The van der Waals surface area contributed by atoms with Crippen LogP contribution >= 0.6 is 0 Å². The first-order chi connectivity index (χ1) is 13.5. The van der Waals surface area contributed by atoms with Crippen LogP contribution in [0.2, 0.25) is 0 Å². The van der Waals surface area contributed by atoms with Gasteiger partial charge in [-0.3, -0.25) is 0 Å². The van der Waals surface area contributed by atoms with Gasteiger partial charge in [0.05, 0.1) is 0 Å². The highest BCUT2D eigenvalue weighted by atomic mass is 14.2. The molecule has 28 heavy (non-hydrogen) atoms. The largest absolute Gasteiger partial charge is 0.0654 e. The molecule has 0 aliphatic heterocycles. The minimum atomic E-state index is 0.192. The van der Waals surface area contributed by atoms with Crippen LogP contribution in [0.1, 0.15) is 62.8 Å². The summed E-state index contributed by atoms with van der Waals surface area (Å²) in [7, 11) is 0. The van der Waals surface area contributed by atoms with Crippen LogP contribution in [0, 0.1) is 0 Å². The molecule has 0 unspecified atom stereocenters. The van der Waals surface area contributed by atoms with Crippen LogP contribution in [0.15, 0.2) is 72.8 Å². The maximum absolute atomic E-state index is 2.27. The van der Waals surface area contributed by atoms with Gasteiger partial charge >= 0.3 is 0 Å². The van der Waals surface area contributed by atoms with E-state index in [-0.39, 0.29) is 5.41 Å². The zero-order chi connectivity index (χ0) is 20.0. The van der Waals surface area contributed by atoms with E-state index in [9.17, 15) is 0 Å². The van der Waals surface area contributed by atoms with E-state index in [0.717, 1.165) is 6.42 Å². The van der Waals surface area contributed by atoms with Gasteiger partial charge in [0.15, 0.2) is 0 Å². The lowest BCUT2D eigenvalue weighted by molar-refractivity contribution is 0.590. The van der Waals surface area contributed by atoms with E-state index >= 15 is 0 Å². The van der Waals surface area contributed by atoms with Gasteiger partial charge in [0.25, 0.3) is 0 Å². The topological polar surface area (TPSA) is 0 Å². The van der Waals surface area contributed by atoms with Crippen molar-refractivity contribution in [3.05, 3.63) is 95.1 Å². The Morgan fingerprint density at radius 3 is 2.04 bits per heavy atom. The van der Waals surface area contributed by atoms with Crippen molar-refractivity contribution >= 4 is 12.2 Å². The number of aryl methyl sites for hydroxylation is 1. The van der Waals surface area contributed by atoms with Crippen molar-refractivity contribution in [1.82, 2.24) is 0 Å². The van der Waals surface area contributed by atoms with Gasteiger partial charge in [0.1, 0.15) is 0 Å². The van der Waals surface area contributed by atoms with E-state index in [1.54, 1.807) is 0 Å². The van der Waals surface area contributed by atoms with E-state index in [1.165, 1.54) is 46.2 Å². The Morgan fingerprint density at radius 2 is 1.36 bits per heavy atom. The molecule has 0 fully saturated rings. The first-order valence-corrected chi connectivity index (χ1v) is 10.4. The fourth-order valence-corrected chi connectivity index (χ4v) is 3.54. The highest BCUT2D eigenvalue weighted by Gasteiger charge is 2.12. The van der Waals surface area contributed by atoms with Gasteiger partial charge in [-0.25, -0.2) is 0 Å². The number of unbranched alkanes of at least 4 members (excludes halogenated alkanes) is 1. The van der Waals surface area contributed by atoms with E-state index in [0.29, 0.717) is 0 Å². The SMILES string of the molecule is CCCCc1ccccc1-c1ccccc1C=Cc1ccc(C(C)(C)C)cc1. The van der Waals surface area contributed by atoms with Crippen molar-refractivity contribution in [3.63, 3.8) is 0 Å². The molecule has 0 aromatic heterocycles. The molecule has 0 heterocycles. The number of rotatable bonds is 6. The van der Waals surface area contributed by atoms with Crippen LogP contribution in [-0.2, 0) is 11.8 Å². The first kappa shape index (κ1) is 20.1. The molecule has 144 valence electrons. The van der Waals surface area contributed by atoms with E-state index < -0.39 is 0 Å². The predicted molar refractivity (Wildman–Crippen MR) is 125 cm³/mol. The average molecular weight is 369 g/mol.